The molecule has 1 aliphatic carbocycles. The minimum Gasteiger partial charge on any atom is -0.332 e. The number of nitrogens with one attached hydrogen (secondary N) is 1. The lowest BCUT2D eigenvalue weighted by Crippen LogP contribution is -2.33. The predicted molar refractivity (Wildman–Crippen MR) is 45.7 cm³/mol. The van der Waals surface area contributed by atoms with Gasteiger partial charge in [0.2, 0.25) is 0 Å². The summed E-state index contributed by atoms with van der Waals surface area (Å²) >= 11 is 0. The standard InChI is InChI=1S/C9H13N3/c1-2-7(1)9-8-5-10-6-12(8)4-3-11-9/h5-7,9,11H,1-4H2. The molecule has 1 N–H and O–H groups in total. The largest absolute Gasteiger partial charge is 0.332 e. The number of rotatable bonds is 1. The normalized spacial score (nSPS) is 28.5. The molecule has 2 aliphatic rings. The van der Waals surface area contributed by atoms with Gasteiger partial charge in [0.1, 0.15) is 0 Å². The van der Waals surface area contributed by atoms with Crippen molar-refractivity contribution >= 4 is 0 Å². The van der Waals surface area contributed by atoms with E-state index in [1.165, 1.54) is 18.5 Å². The van der Waals surface area contributed by atoms with E-state index < -0.39 is 0 Å². The summed E-state index contributed by atoms with van der Waals surface area (Å²) in [5.74, 6) is 0.890. The first-order valence-electron chi connectivity index (χ1n) is 4.68. The highest BCUT2D eigenvalue weighted by molar-refractivity contribution is 5.11. The molecule has 64 valence electrons. The molecule has 0 amide bonds. The van der Waals surface area contributed by atoms with Gasteiger partial charge in [0.05, 0.1) is 18.1 Å². The molecule has 0 saturated heterocycles. The van der Waals surface area contributed by atoms with Crippen molar-refractivity contribution in [1.29, 1.82) is 0 Å². The quantitative estimate of drug-likeness (QED) is 0.667. The molecule has 3 rings (SSSR count). The average Bonchev–Trinajstić information content (AvgIpc) is 2.82. The van der Waals surface area contributed by atoms with E-state index in [9.17, 15) is 0 Å². The van der Waals surface area contributed by atoms with E-state index in [0.29, 0.717) is 6.04 Å². The summed E-state index contributed by atoms with van der Waals surface area (Å²) in [6.45, 7) is 2.18. The minimum absolute atomic E-state index is 0.598. The van der Waals surface area contributed by atoms with Crippen molar-refractivity contribution in [2.75, 3.05) is 6.54 Å². The highest BCUT2D eigenvalue weighted by atomic mass is 15.1. The molecule has 12 heavy (non-hydrogen) atoms. The molecule has 1 aliphatic heterocycles. The van der Waals surface area contributed by atoms with Gasteiger partial charge >= 0.3 is 0 Å². The zero-order valence-corrected chi connectivity index (χ0v) is 7.03. The van der Waals surface area contributed by atoms with Crippen molar-refractivity contribution in [3.05, 3.63) is 18.2 Å². The van der Waals surface area contributed by atoms with Gasteiger partial charge < -0.3 is 9.88 Å². The summed E-state index contributed by atoms with van der Waals surface area (Å²) < 4.78 is 2.28. The summed E-state index contributed by atoms with van der Waals surface area (Å²) in [6, 6.07) is 0.598. The van der Waals surface area contributed by atoms with Gasteiger partial charge in [0.25, 0.3) is 0 Å². The first-order chi connectivity index (χ1) is 5.95. The van der Waals surface area contributed by atoms with E-state index in [0.717, 1.165) is 19.0 Å². The van der Waals surface area contributed by atoms with Crippen molar-refractivity contribution < 1.29 is 0 Å². The average molecular weight is 163 g/mol. The monoisotopic (exact) mass is 163 g/mol. The van der Waals surface area contributed by atoms with Gasteiger partial charge in [-0.25, -0.2) is 4.98 Å². The maximum absolute atomic E-state index is 4.19. The lowest BCUT2D eigenvalue weighted by molar-refractivity contribution is 0.392. The molecule has 1 aromatic rings. The highest BCUT2D eigenvalue weighted by Crippen LogP contribution is 2.41. The zero-order chi connectivity index (χ0) is 7.97. The Morgan fingerprint density at radius 3 is 3.25 bits per heavy atom. The van der Waals surface area contributed by atoms with Gasteiger partial charge in [-0.15, -0.1) is 0 Å². The molecule has 1 unspecified atom stereocenters. The summed E-state index contributed by atoms with van der Waals surface area (Å²) in [7, 11) is 0. The summed E-state index contributed by atoms with van der Waals surface area (Å²) in [5, 5.41) is 3.56. The van der Waals surface area contributed by atoms with Crippen LogP contribution < -0.4 is 5.32 Å². The van der Waals surface area contributed by atoms with E-state index in [2.05, 4.69) is 14.9 Å². The topological polar surface area (TPSA) is 29.9 Å². The molecule has 3 heteroatoms. The number of nitrogens with zero attached hydrogens (tertiary/aromatic N) is 2. The van der Waals surface area contributed by atoms with Gasteiger partial charge in [-0.05, 0) is 18.8 Å². The molecular formula is C9H13N3. The van der Waals surface area contributed by atoms with Crippen LogP contribution in [-0.4, -0.2) is 16.1 Å². The fourth-order valence-corrected chi connectivity index (χ4v) is 2.06. The van der Waals surface area contributed by atoms with E-state index in [1.54, 1.807) is 0 Å². The number of imidazole rings is 1. The Balaban J connectivity index is 1.97. The molecule has 1 aromatic heterocycles. The van der Waals surface area contributed by atoms with Crippen LogP contribution in [0.2, 0.25) is 0 Å². The zero-order valence-electron chi connectivity index (χ0n) is 7.03. The molecule has 1 atom stereocenters. The second-order valence-corrected chi connectivity index (χ2v) is 3.78. The fraction of sp³-hybridized carbons (Fsp3) is 0.667. The first-order valence-corrected chi connectivity index (χ1v) is 4.68. The minimum atomic E-state index is 0.598. The van der Waals surface area contributed by atoms with E-state index in [-0.39, 0.29) is 0 Å². The van der Waals surface area contributed by atoms with Crippen molar-refractivity contribution in [2.45, 2.75) is 25.4 Å². The molecule has 1 saturated carbocycles. The Morgan fingerprint density at radius 1 is 1.50 bits per heavy atom. The van der Waals surface area contributed by atoms with Gasteiger partial charge in [-0.3, -0.25) is 0 Å². The number of fused-ring (bicyclic) bond motifs is 1. The summed E-state index contributed by atoms with van der Waals surface area (Å²) in [5.41, 5.74) is 1.39. The summed E-state index contributed by atoms with van der Waals surface area (Å²) in [4.78, 5) is 4.19. The lowest BCUT2D eigenvalue weighted by Gasteiger charge is -2.25. The van der Waals surface area contributed by atoms with E-state index in [1.807, 2.05) is 12.5 Å². The van der Waals surface area contributed by atoms with Gasteiger partial charge in [0.15, 0.2) is 0 Å². The lowest BCUT2D eigenvalue weighted by atomic mass is 10.1. The molecular weight excluding hydrogens is 150 g/mol. The van der Waals surface area contributed by atoms with Crippen molar-refractivity contribution in [2.24, 2.45) is 5.92 Å². The third-order valence-corrected chi connectivity index (χ3v) is 2.87. The van der Waals surface area contributed by atoms with Crippen LogP contribution in [0.3, 0.4) is 0 Å². The Kier molecular flexibility index (Phi) is 1.29. The van der Waals surface area contributed by atoms with Crippen LogP contribution >= 0.6 is 0 Å². The predicted octanol–water partition coefficient (Wildman–Crippen LogP) is 0.937. The number of hydrogen-bond donors (Lipinski definition) is 1. The molecule has 0 aromatic carbocycles. The van der Waals surface area contributed by atoms with Crippen LogP contribution in [0, 0.1) is 5.92 Å². The third kappa shape index (κ3) is 0.894. The molecule has 3 nitrogen and oxygen atoms in total. The SMILES string of the molecule is c1ncn2c1C(C1CC1)NCC2. The van der Waals surface area contributed by atoms with E-state index in [4.69, 9.17) is 0 Å². The Bertz CT molecular complexity index is 288. The molecule has 0 spiro atoms. The first kappa shape index (κ1) is 6.66. The van der Waals surface area contributed by atoms with Crippen LogP contribution in [0.25, 0.3) is 0 Å². The Morgan fingerprint density at radius 2 is 2.42 bits per heavy atom. The van der Waals surface area contributed by atoms with Crippen molar-refractivity contribution in [1.82, 2.24) is 14.9 Å². The van der Waals surface area contributed by atoms with Crippen LogP contribution in [0.1, 0.15) is 24.6 Å². The van der Waals surface area contributed by atoms with Gasteiger partial charge in [-0.2, -0.15) is 0 Å². The van der Waals surface area contributed by atoms with E-state index >= 15 is 0 Å². The maximum atomic E-state index is 4.19. The van der Waals surface area contributed by atoms with Crippen LogP contribution in [0.4, 0.5) is 0 Å². The highest BCUT2D eigenvalue weighted by Gasteiger charge is 2.35. The fourth-order valence-electron chi connectivity index (χ4n) is 2.06. The third-order valence-electron chi connectivity index (χ3n) is 2.87. The second kappa shape index (κ2) is 2.33. The van der Waals surface area contributed by atoms with Gasteiger partial charge in [-0.1, -0.05) is 0 Å². The van der Waals surface area contributed by atoms with Crippen LogP contribution in [-0.2, 0) is 6.54 Å². The Labute approximate surface area is 71.8 Å². The van der Waals surface area contributed by atoms with Crippen LogP contribution in [0.15, 0.2) is 12.5 Å². The van der Waals surface area contributed by atoms with Crippen molar-refractivity contribution in [3.63, 3.8) is 0 Å². The van der Waals surface area contributed by atoms with Crippen molar-refractivity contribution in [3.8, 4) is 0 Å². The van der Waals surface area contributed by atoms with Crippen LogP contribution in [0.5, 0.6) is 0 Å². The summed E-state index contributed by atoms with van der Waals surface area (Å²) in [6.07, 6.45) is 6.74. The van der Waals surface area contributed by atoms with Gasteiger partial charge in [0, 0.05) is 19.3 Å². The molecule has 2 heterocycles. The molecule has 0 bridgehead atoms. The number of aromatic nitrogens is 2. The smallest absolute Gasteiger partial charge is 0.0949 e. The molecule has 1 fully saturated rings. The maximum Gasteiger partial charge on any atom is 0.0949 e. The Hall–Kier alpha value is -0.830. The second-order valence-electron chi connectivity index (χ2n) is 3.78. The number of hydrogen-bond acceptors (Lipinski definition) is 2. The molecule has 0 radical (unpaired) electrons.